The van der Waals surface area contributed by atoms with Gasteiger partial charge in [0.2, 0.25) is 0 Å². The average Bonchev–Trinajstić information content (AvgIpc) is 2.85. The summed E-state index contributed by atoms with van der Waals surface area (Å²) in [4.78, 5) is 22.6. The Balaban J connectivity index is 2.14. The quantitative estimate of drug-likeness (QED) is 0.882. The fourth-order valence-corrected chi connectivity index (χ4v) is 1.92. The topological polar surface area (TPSA) is 75.6 Å². The van der Waals surface area contributed by atoms with Crippen molar-refractivity contribution in [3.8, 4) is 0 Å². The van der Waals surface area contributed by atoms with Crippen LogP contribution in [0.3, 0.4) is 0 Å². The van der Waals surface area contributed by atoms with Gasteiger partial charge in [0.1, 0.15) is 6.10 Å². The van der Waals surface area contributed by atoms with Crippen LogP contribution in [0.1, 0.15) is 23.2 Å². The van der Waals surface area contributed by atoms with Gasteiger partial charge in [-0.1, -0.05) is 11.6 Å². The number of carboxylic acid groups (broad SMARTS) is 1. The second-order valence-corrected chi connectivity index (χ2v) is 4.40. The third-order valence-corrected chi connectivity index (χ3v) is 3.02. The van der Waals surface area contributed by atoms with Crippen LogP contribution in [0.2, 0.25) is 5.02 Å². The highest BCUT2D eigenvalue weighted by molar-refractivity contribution is 6.33. The molecule has 1 aliphatic rings. The summed E-state index contributed by atoms with van der Waals surface area (Å²) in [5, 5.41) is 11.8. The normalized spacial score (nSPS) is 18.6. The number of nitrogens with one attached hydrogen (secondary N) is 1. The van der Waals surface area contributed by atoms with Crippen molar-refractivity contribution in [3.05, 3.63) is 28.8 Å². The molecule has 0 bridgehead atoms. The van der Waals surface area contributed by atoms with Crippen LogP contribution in [0.5, 0.6) is 0 Å². The predicted molar refractivity (Wildman–Crippen MR) is 66.0 cm³/mol. The lowest BCUT2D eigenvalue weighted by atomic mass is 10.2. The number of rotatable bonds is 3. The molecule has 0 spiro atoms. The first kappa shape index (κ1) is 12.9. The van der Waals surface area contributed by atoms with Gasteiger partial charge < -0.3 is 15.2 Å². The molecule has 0 unspecified atom stereocenters. The first-order chi connectivity index (χ1) is 8.58. The summed E-state index contributed by atoms with van der Waals surface area (Å²) in [6.07, 6.45) is 1.04. The van der Waals surface area contributed by atoms with E-state index in [0.29, 0.717) is 18.1 Å². The molecule has 1 aromatic carbocycles. The molecule has 96 valence electrons. The van der Waals surface area contributed by atoms with E-state index < -0.39 is 12.1 Å². The lowest BCUT2D eigenvalue weighted by Gasteiger charge is -2.12. The van der Waals surface area contributed by atoms with Crippen molar-refractivity contribution in [3.63, 3.8) is 0 Å². The van der Waals surface area contributed by atoms with Crippen LogP contribution in [0.4, 0.5) is 5.69 Å². The van der Waals surface area contributed by atoms with E-state index in [4.69, 9.17) is 21.4 Å². The van der Waals surface area contributed by atoms with Crippen molar-refractivity contribution < 1.29 is 19.4 Å². The van der Waals surface area contributed by atoms with E-state index in [1.807, 2.05) is 0 Å². The van der Waals surface area contributed by atoms with Gasteiger partial charge in [-0.15, -0.1) is 0 Å². The van der Waals surface area contributed by atoms with Crippen molar-refractivity contribution in [2.75, 3.05) is 11.9 Å². The third-order valence-electron chi connectivity index (χ3n) is 2.69. The minimum Gasteiger partial charge on any atom is -0.478 e. The van der Waals surface area contributed by atoms with E-state index >= 15 is 0 Å². The van der Waals surface area contributed by atoms with Gasteiger partial charge in [0.25, 0.3) is 5.91 Å². The van der Waals surface area contributed by atoms with Gasteiger partial charge >= 0.3 is 5.97 Å². The van der Waals surface area contributed by atoms with Crippen LogP contribution in [0, 0.1) is 0 Å². The number of carbonyl (C=O) groups excluding carboxylic acids is 1. The molecule has 2 N–H and O–H groups in total. The molecule has 1 fully saturated rings. The maximum atomic E-state index is 11.8. The largest absolute Gasteiger partial charge is 0.478 e. The molecule has 1 atom stereocenters. The van der Waals surface area contributed by atoms with Gasteiger partial charge in [-0.3, -0.25) is 4.79 Å². The average molecular weight is 270 g/mol. The summed E-state index contributed by atoms with van der Waals surface area (Å²) in [5.74, 6) is -1.36. The number of hydrogen-bond donors (Lipinski definition) is 2. The second-order valence-electron chi connectivity index (χ2n) is 3.99. The molecule has 1 heterocycles. The minimum atomic E-state index is -1.07. The summed E-state index contributed by atoms with van der Waals surface area (Å²) in [7, 11) is 0. The molecule has 6 heteroatoms. The number of carbonyl (C=O) groups is 2. The summed E-state index contributed by atoms with van der Waals surface area (Å²) in [6.45, 7) is 0.570. The highest BCUT2D eigenvalue weighted by Crippen LogP contribution is 2.24. The van der Waals surface area contributed by atoms with Crippen LogP contribution in [0.15, 0.2) is 18.2 Å². The Labute approximate surface area is 109 Å². The number of carboxylic acids is 1. The fourth-order valence-electron chi connectivity index (χ4n) is 1.75. The standard InChI is InChI=1S/C12H12ClNO4/c13-8-4-3-7(12(16)17)6-9(8)14-11(15)10-2-1-5-18-10/h3-4,6,10H,1-2,5H2,(H,14,15)(H,16,17)/t10-/m0/s1. The first-order valence-corrected chi connectivity index (χ1v) is 5.91. The number of halogens is 1. The number of anilines is 1. The van der Waals surface area contributed by atoms with Crippen LogP contribution >= 0.6 is 11.6 Å². The molecule has 18 heavy (non-hydrogen) atoms. The Hall–Kier alpha value is -1.59. The van der Waals surface area contributed by atoms with Gasteiger partial charge in [-0.2, -0.15) is 0 Å². The summed E-state index contributed by atoms with van der Waals surface area (Å²) in [6, 6.07) is 4.15. The Morgan fingerprint density at radius 1 is 1.44 bits per heavy atom. The Morgan fingerprint density at radius 2 is 2.22 bits per heavy atom. The van der Waals surface area contributed by atoms with E-state index in [0.717, 1.165) is 6.42 Å². The number of aromatic carboxylic acids is 1. The van der Waals surface area contributed by atoms with Crippen molar-refractivity contribution >= 4 is 29.2 Å². The third kappa shape index (κ3) is 2.80. The second kappa shape index (κ2) is 5.37. The molecule has 0 aromatic heterocycles. The first-order valence-electron chi connectivity index (χ1n) is 5.53. The van der Waals surface area contributed by atoms with Gasteiger partial charge in [0.15, 0.2) is 0 Å². The van der Waals surface area contributed by atoms with Gasteiger partial charge in [-0.05, 0) is 31.0 Å². The maximum absolute atomic E-state index is 11.8. The molecule has 0 saturated carbocycles. The molecule has 1 aliphatic heterocycles. The maximum Gasteiger partial charge on any atom is 0.335 e. The zero-order chi connectivity index (χ0) is 13.1. The number of hydrogen-bond acceptors (Lipinski definition) is 3. The van der Waals surface area contributed by atoms with E-state index in [1.165, 1.54) is 18.2 Å². The molecular formula is C12H12ClNO4. The minimum absolute atomic E-state index is 0.0713. The van der Waals surface area contributed by atoms with Gasteiger partial charge in [0.05, 0.1) is 16.3 Å². The molecule has 2 rings (SSSR count). The number of ether oxygens (including phenoxy) is 1. The van der Waals surface area contributed by atoms with E-state index in [9.17, 15) is 9.59 Å². The molecule has 1 amide bonds. The van der Waals surface area contributed by atoms with Crippen LogP contribution in [-0.4, -0.2) is 29.7 Å². The van der Waals surface area contributed by atoms with Crippen LogP contribution < -0.4 is 5.32 Å². The van der Waals surface area contributed by atoms with Gasteiger partial charge in [0, 0.05) is 6.61 Å². The zero-order valence-electron chi connectivity index (χ0n) is 9.48. The smallest absolute Gasteiger partial charge is 0.335 e. The number of benzene rings is 1. The highest BCUT2D eigenvalue weighted by atomic mass is 35.5. The van der Waals surface area contributed by atoms with Crippen LogP contribution in [-0.2, 0) is 9.53 Å². The Bertz CT molecular complexity index is 483. The molecule has 0 radical (unpaired) electrons. The molecule has 1 aromatic rings. The van der Waals surface area contributed by atoms with Gasteiger partial charge in [-0.25, -0.2) is 4.79 Å². The zero-order valence-corrected chi connectivity index (χ0v) is 10.2. The predicted octanol–water partition coefficient (Wildman–Crippen LogP) is 2.16. The van der Waals surface area contributed by atoms with Crippen molar-refractivity contribution in [2.45, 2.75) is 18.9 Å². The van der Waals surface area contributed by atoms with E-state index in [-0.39, 0.29) is 17.2 Å². The lowest BCUT2D eigenvalue weighted by molar-refractivity contribution is -0.124. The monoisotopic (exact) mass is 269 g/mol. The summed E-state index contributed by atoms with van der Waals surface area (Å²) < 4.78 is 5.23. The lowest BCUT2D eigenvalue weighted by Crippen LogP contribution is -2.27. The van der Waals surface area contributed by atoms with Crippen LogP contribution in [0.25, 0.3) is 0 Å². The Kier molecular flexibility index (Phi) is 3.84. The fraction of sp³-hybridized carbons (Fsp3) is 0.333. The Morgan fingerprint density at radius 3 is 2.83 bits per heavy atom. The summed E-state index contributed by atoms with van der Waals surface area (Å²) in [5.41, 5.74) is 0.360. The SMILES string of the molecule is O=C(O)c1ccc(Cl)c(NC(=O)[C@@H]2CCCO2)c1. The molecular weight excluding hydrogens is 258 g/mol. The molecule has 1 saturated heterocycles. The van der Waals surface area contributed by atoms with Crippen molar-refractivity contribution in [1.29, 1.82) is 0 Å². The van der Waals surface area contributed by atoms with Crippen molar-refractivity contribution in [1.82, 2.24) is 0 Å². The van der Waals surface area contributed by atoms with E-state index in [1.54, 1.807) is 0 Å². The number of amides is 1. The van der Waals surface area contributed by atoms with E-state index in [2.05, 4.69) is 5.32 Å². The molecule has 5 nitrogen and oxygen atoms in total. The van der Waals surface area contributed by atoms with Crippen molar-refractivity contribution in [2.24, 2.45) is 0 Å². The highest BCUT2D eigenvalue weighted by Gasteiger charge is 2.24. The molecule has 0 aliphatic carbocycles. The summed E-state index contributed by atoms with van der Waals surface area (Å²) >= 11 is 5.90.